The van der Waals surface area contributed by atoms with Crippen molar-refractivity contribution in [2.45, 2.75) is 58.5 Å². The highest BCUT2D eigenvalue weighted by molar-refractivity contribution is 5.94. The van der Waals surface area contributed by atoms with Crippen LogP contribution < -0.4 is 10.9 Å². The number of likely N-dealkylation sites (tertiary alicyclic amines) is 1. The Bertz CT molecular complexity index is 1320. The summed E-state index contributed by atoms with van der Waals surface area (Å²) in [5, 5.41) is 7.57. The monoisotopic (exact) mass is 530 g/mol. The zero-order valence-electron chi connectivity index (χ0n) is 22.9. The maximum absolute atomic E-state index is 12.6. The Labute approximate surface area is 230 Å². The summed E-state index contributed by atoms with van der Waals surface area (Å²) < 4.78 is 6.43. The van der Waals surface area contributed by atoms with Gasteiger partial charge in [-0.25, -0.2) is 4.68 Å². The lowest BCUT2D eigenvalue weighted by molar-refractivity contribution is -0.142. The van der Waals surface area contributed by atoms with E-state index in [1.807, 2.05) is 36.4 Å². The van der Waals surface area contributed by atoms with Crippen LogP contribution in [-0.4, -0.2) is 58.8 Å². The molecule has 1 amide bonds. The zero-order chi connectivity index (χ0) is 27.6. The largest absolute Gasteiger partial charge is 0.466 e. The second kappa shape index (κ2) is 13.8. The highest BCUT2D eigenvalue weighted by Gasteiger charge is 2.17. The molecule has 0 aliphatic carbocycles. The van der Waals surface area contributed by atoms with Crippen molar-refractivity contribution in [3.8, 4) is 11.3 Å². The summed E-state index contributed by atoms with van der Waals surface area (Å²) in [6.45, 7) is 7.50. The SMILES string of the molecule is CCOC(=O)Cc1cccc(Cn2nc(-c3ccc(C(=O)NCCCN4CCCCC4C)cc3)ccc2=O)c1. The van der Waals surface area contributed by atoms with Crippen LogP contribution in [-0.2, 0) is 22.5 Å². The second-order valence-electron chi connectivity index (χ2n) is 10.1. The van der Waals surface area contributed by atoms with E-state index in [-0.39, 0.29) is 30.4 Å². The predicted octanol–water partition coefficient (Wildman–Crippen LogP) is 4.06. The molecule has 0 bridgehead atoms. The minimum atomic E-state index is -0.281. The maximum Gasteiger partial charge on any atom is 0.310 e. The van der Waals surface area contributed by atoms with E-state index in [2.05, 4.69) is 22.2 Å². The van der Waals surface area contributed by atoms with Gasteiger partial charge in [-0.15, -0.1) is 0 Å². The molecule has 1 N–H and O–H groups in total. The Balaban J connectivity index is 1.35. The number of aromatic nitrogens is 2. The highest BCUT2D eigenvalue weighted by atomic mass is 16.5. The number of hydrogen-bond donors (Lipinski definition) is 1. The fourth-order valence-corrected chi connectivity index (χ4v) is 4.97. The van der Waals surface area contributed by atoms with E-state index >= 15 is 0 Å². The maximum atomic E-state index is 12.6. The molecule has 1 aliphatic heterocycles. The Kier molecular flexibility index (Phi) is 10.0. The van der Waals surface area contributed by atoms with Crippen LogP contribution in [0.5, 0.6) is 0 Å². The second-order valence-corrected chi connectivity index (χ2v) is 10.1. The smallest absolute Gasteiger partial charge is 0.310 e. The molecule has 8 heteroatoms. The number of benzene rings is 2. The molecule has 1 atom stereocenters. The number of nitrogens with zero attached hydrogens (tertiary/aromatic N) is 3. The van der Waals surface area contributed by atoms with Crippen LogP contribution in [0.25, 0.3) is 11.3 Å². The molecular formula is C31H38N4O4. The van der Waals surface area contributed by atoms with Crippen molar-refractivity contribution in [2.75, 3.05) is 26.2 Å². The molecule has 0 spiro atoms. The van der Waals surface area contributed by atoms with Gasteiger partial charge in [0, 0.05) is 36.3 Å². The molecule has 4 rings (SSSR count). The first-order chi connectivity index (χ1) is 18.9. The van der Waals surface area contributed by atoms with Crippen molar-refractivity contribution in [1.29, 1.82) is 0 Å². The number of carbonyl (C=O) groups excluding carboxylic acids is 2. The summed E-state index contributed by atoms with van der Waals surface area (Å²) in [6.07, 6.45) is 4.95. The molecule has 0 saturated carbocycles. The quantitative estimate of drug-likeness (QED) is 0.297. The lowest BCUT2D eigenvalue weighted by Gasteiger charge is -2.33. The van der Waals surface area contributed by atoms with Crippen molar-refractivity contribution in [1.82, 2.24) is 20.0 Å². The molecule has 206 valence electrons. The third-order valence-corrected chi connectivity index (χ3v) is 7.14. The Morgan fingerprint density at radius 3 is 2.62 bits per heavy atom. The van der Waals surface area contributed by atoms with Gasteiger partial charge in [-0.1, -0.05) is 42.8 Å². The van der Waals surface area contributed by atoms with Gasteiger partial charge in [0.25, 0.3) is 11.5 Å². The van der Waals surface area contributed by atoms with Crippen LogP contribution >= 0.6 is 0 Å². The highest BCUT2D eigenvalue weighted by Crippen LogP contribution is 2.18. The minimum absolute atomic E-state index is 0.0890. The first-order valence-corrected chi connectivity index (χ1v) is 13.9. The number of nitrogens with one attached hydrogen (secondary N) is 1. The lowest BCUT2D eigenvalue weighted by atomic mass is 10.0. The van der Waals surface area contributed by atoms with Gasteiger partial charge >= 0.3 is 5.97 Å². The number of carbonyl (C=O) groups is 2. The zero-order valence-corrected chi connectivity index (χ0v) is 22.9. The molecule has 1 aromatic heterocycles. The molecular weight excluding hydrogens is 492 g/mol. The van der Waals surface area contributed by atoms with Gasteiger partial charge in [-0.05, 0) is 69.0 Å². The Hall–Kier alpha value is -3.78. The van der Waals surface area contributed by atoms with E-state index < -0.39 is 0 Å². The normalized spacial score (nSPS) is 15.6. The first kappa shape index (κ1) is 28.2. The van der Waals surface area contributed by atoms with Crippen molar-refractivity contribution in [3.05, 3.63) is 87.7 Å². The predicted molar refractivity (Wildman–Crippen MR) is 152 cm³/mol. The molecule has 1 aliphatic rings. The molecule has 39 heavy (non-hydrogen) atoms. The van der Waals surface area contributed by atoms with Crippen LogP contribution in [0.15, 0.2) is 65.5 Å². The molecule has 2 aromatic carbocycles. The summed E-state index contributed by atoms with van der Waals surface area (Å²) in [5.74, 6) is -0.370. The van der Waals surface area contributed by atoms with E-state index in [9.17, 15) is 14.4 Å². The number of ether oxygens (including phenoxy) is 1. The summed E-state index contributed by atoms with van der Waals surface area (Å²) in [5.41, 5.74) is 3.52. The first-order valence-electron chi connectivity index (χ1n) is 13.9. The van der Waals surface area contributed by atoms with E-state index in [1.165, 1.54) is 30.0 Å². The van der Waals surface area contributed by atoms with Crippen LogP contribution in [0.4, 0.5) is 0 Å². The van der Waals surface area contributed by atoms with Crippen molar-refractivity contribution in [2.24, 2.45) is 0 Å². The van der Waals surface area contributed by atoms with Gasteiger partial charge in [0.2, 0.25) is 0 Å². The van der Waals surface area contributed by atoms with E-state index in [0.717, 1.165) is 36.2 Å². The number of esters is 1. The van der Waals surface area contributed by atoms with Gasteiger partial charge in [0.1, 0.15) is 0 Å². The number of rotatable bonds is 11. The molecule has 1 saturated heterocycles. The van der Waals surface area contributed by atoms with E-state index in [0.29, 0.717) is 30.5 Å². The summed E-state index contributed by atoms with van der Waals surface area (Å²) in [7, 11) is 0. The Morgan fingerprint density at radius 1 is 1.05 bits per heavy atom. The van der Waals surface area contributed by atoms with E-state index in [1.54, 1.807) is 25.1 Å². The molecule has 1 unspecified atom stereocenters. The van der Waals surface area contributed by atoms with Gasteiger partial charge < -0.3 is 15.0 Å². The molecule has 3 aromatic rings. The van der Waals surface area contributed by atoms with Gasteiger partial charge in [0.05, 0.1) is 25.3 Å². The summed E-state index contributed by atoms with van der Waals surface area (Å²) in [4.78, 5) is 39.5. The molecule has 8 nitrogen and oxygen atoms in total. The fourth-order valence-electron chi connectivity index (χ4n) is 4.97. The van der Waals surface area contributed by atoms with Crippen molar-refractivity contribution >= 4 is 11.9 Å². The summed E-state index contributed by atoms with van der Waals surface area (Å²) in [6, 6.07) is 18.6. The fraction of sp³-hybridized carbons (Fsp3) is 0.419. The third kappa shape index (κ3) is 8.10. The van der Waals surface area contributed by atoms with Crippen LogP contribution in [0.3, 0.4) is 0 Å². The minimum Gasteiger partial charge on any atom is -0.466 e. The third-order valence-electron chi connectivity index (χ3n) is 7.14. The van der Waals surface area contributed by atoms with Crippen molar-refractivity contribution < 1.29 is 14.3 Å². The molecule has 0 radical (unpaired) electrons. The average Bonchev–Trinajstić information content (AvgIpc) is 2.93. The van der Waals surface area contributed by atoms with Gasteiger partial charge in [-0.2, -0.15) is 5.10 Å². The van der Waals surface area contributed by atoms with E-state index in [4.69, 9.17) is 4.74 Å². The van der Waals surface area contributed by atoms with Crippen LogP contribution in [0.2, 0.25) is 0 Å². The topological polar surface area (TPSA) is 93.5 Å². The number of amides is 1. The van der Waals surface area contributed by atoms with Crippen molar-refractivity contribution in [3.63, 3.8) is 0 Å². The number of hydrogen-bond acceptors (Lipinski definition) is 6. The van der Waals surface area contributed by atoms with Crippen LogP contribution in [0.1, 0.15) is 61.0 Å². The van der Waals surface area contributed by atoms with Gasteiger partial charge in [0.15, 0.2) is 0 Å². The lowest BCUT2D eigenvalue weighted by Crippen LogP contribution is -2.39. The number of piperidine rings is 1. The van der Waals surface area contributed by atoms with Gasteiger partial charge in [-0.3, -0.25) is 14.4 Å². The standard InChI is InChI=1S/C31H38N4O4/c1-3-39-30(37)21-24-9-6-10-25(20-24)22-35-29(36)16-15-28(33-35)26-11-13-27(14-12-26)31(38)32-17-7-19-34-18-5-4-8-23(34)2/h6,9-16,20,23H,3-5,7-8,17-19,21-22H2,1-2H3,(H,32,38). The Morgan fingerprint density at radius 2 is 1.85 bits per heavy atom. The van der Waals surface area contributed by atoms with Crippen LogP contribution in [0, 0.1) is 0 Å². The molecule has 2 heterocycles. The summed E-state index contributed by atoms with van der Waals surface area (Å²) >= 11 is 0. The average molecular weight is 531 g/mol. The molecule has 1 fully saturated rings.